The number of anilines is 1. The van der Waals surface area contributed by atoms with Crippen molar-refractivity contribution in [2.45, 2.75) is 50.0 Å². The lowest BCUT2D eigenvalue weighted by Gasteiger charge is -2.14. The molecular weight excluding hydrogens is 492 g/mol. The van der Waals surface area contributed by atoms with Crippen LogP contribution >= 0.6 is 0 Å². The van der Waals surface area contributed by atoms with Crippen LogP contribution < -0.4 is 14.8 Å². The average molecular weight is 523 g/mol. The Kier molecular flexibility index (Phi) is 8.13. The molecule has 1 fully saturated rings. The second kappa shape index (κ2) is 11.5. The maximum Gasteiger partial charge on any atom is 0.411 e. The third-order valence-electron chi connectivity index (χ3n) is 6.30. The number of carbonyl (C=O) groups is 2. The van der Waals surface area contributed by atoms with Gasteiger partial charge in [0.1, 0.15) is 11.9 Å². The molecule has 0 unspecified atom stereocenters. The summed E-state index contributed by atoms with van der Waals surface area (Å²) in [5.41, 5.74) is 3.03. The molecule has 0 spiro atoms. The topological polar surface area (TPSA) is 111 Å². The summed E-state index contributed by atoms with van der Waals surface area (Å²) in [5.74, 6) is -0.306. The van der Waals surface area contributed by atoms with Gasteiger partial charge < -0.3 is 9.47 Å². The van der Waals surface area contributed by atoms with Crippen molar-refractivity contribution >= 4 is 27.7 Å². The van der Waals surface area contributed by atoms with Crippen molar-refractivity contribution in [3.63, 3.8) is 0 Å². The van der Waals surface area contributed by atoms with E-state index < -0.39 is 22.0 Å². The number of methoxy groups -OCH3 is 1. The predicted octanol–water partition coefficient (Wildman–Crippen LogP) is 5.20. The number of rotatable bonds is 8. The number of amides is 2. The molecule has 1 saturated carbocycles. The highest BCUT2D eigenvalue weighted by Crippen LogP contribution is 2.26. The summed E-state index contributed by atoms with van der Waals surface area (Å²) >= 11 is 0. The van der Waals surface area contributed by atoms with Crippen LogP contribution in [0, 0.1) is 6.92 Å². The third-order valence-corrected chi connectivity index (χ3v) is 7.79. The normalized spacial score (nSPS) is 13.7. The largest absolute Gasteiger partial charge is 0.496 e. The molecule has 0 aliphatic heterocycles. The Balaban J connectivity index is 1.45. The standard InChI is InChI=1S/C28H30N2O6S/c1-19-8-3-6-13-26(19)37(33,34)30-27(31)22-15-14-21(25(18-22)35-2)16-20-9-7-10-23(17-20)29-28(32)36-24-11-4-5-12-24/h3,6-10,13-15,17-18,24H,4-5,11-12,16H2,1-2H3,(H,29,32)(H,30,31). The lowest BCUT2D eigenvalue weighted by molar-refractivity contribution is 0.0980. The molecular formula is C28H30N2O6S. The molecule has 1 aliphatic carbocycles. The van der Waals surface area contributed by atoms with Crippen molar-refractivity contribution < 1.29 is 27.5 Å². The van der Waals surface area contributed by atoms with Gasteiger partial charge in [0.25, 0.3) is 15.9 Å². The quantitative estimate of drug-likeness (QED) is 0.421. The van der Waals surface area contributed by atoms with Crippen LogP contribution in [0.5, 0.6) is 5.75 Å². The van der Waals surface area contributed by atoms with Crippen LogP contribution in [0.1, 0.15) is 52.7 Å². The van der Waals surface area contributed by atoms with E-state index in [9.17, 15) is 18.0 Å². The number of hydrogen-bond donors (Lipinski definition) is 2. The summed E-state index contributed by atoms with van der Waals surface area (Å²) in [4.78, 5) is 25.0. The van der Waals surface area contributed by atoms with Crippen LogP contribution in [0.15, 0.2) is 71.6 Å². The van der Waals surface area contributed by atoms with Gasteiger partial charge >= 0.3 is 6.09 Å². The molecule has 9 heteroatoms. The predicted molar refractivity (Wildman–Crippen MR) is 140 cm³/mol. The zero-order valence-electron chi connectivity index (χ0n) is 20.8. The Morgan fingerprint density at radius 2 is 1.73 bits per heavy atom. The van der Waals surface area contributed by atoms with E-state index in [1.165, 1.54) is 19.2 Å². The lowest BCUT2D eigenvalue weighted by atomic mass is 10.0. The molecule has 8 nitrogen and oxygen atoms in total. The van der Waals surface area contributed by atoms with Gasteiger partial charge in [-0.15, -0.1) is 0 Å². The maximum atomic E-state index is 12.8. The number of carbonyl (C=O) groups excluding carboxylic acids is 2. The van der Waals surface area contributed by atoms with Gasteiger partial charge in [-0.2, -0.15) is 0 Å². The van der Waals surface area contributed by atoms with Gasteiger partial charge in [0.2, 0.25) is 0 Å². The van der Waals surface area contributed by atoms with E-state index in [0.29, 0.717) is 23.4 Å². The first-order valence-corrected chi connectivity index (χ1v) is 13.6. The molecule has 0 aromatic heterocycles. The molecule has 2 N–H and O–H groups in total. The van der Waals surface area contributed by atoms with Crippen LogP contribution in [-0.2, 0) is 21.2 Å². The molecule has 0 heterocycles. The van der Waals surface area contributed by atoms with Crippen molar-refractivity contribution in [2.24, 2.45) is 0 Å². The highest BCUT2D eigenvalue weighted by atomic mass is 32.2. The van der Waals surface area contributed by atoms with E-state index in [-0.39, 0.29) is 16.6 Å². The third kappa shape index (κ3) is 6.68. The van der Waals surface area contributed by atoms with Gasteiger partial charge in [0.15, 0.2) is 0 Å². The Bertz CT molecular complexity index is 1400. The molecule has 0 radical (unpaired) electrons. The fourth-order valence-corrected chi connectivity index (χ4v) is 5.63. The SMILES string of the molecule is COc1cc(C(=O)NS(=O)(=O)c2ccccc2C)ccc1Cc1cccc(NC(=O)OC2CCCC2)c1. The second-order valence-corrected chi connectivity index (χ2v) is 10.7. The number of hydrogen-bond acceptors (Lipinski definition) is 6. The Hall–Kier alpha value is -3.85. The number of aryl methyl sites for hydroxylation is 1. The van der Waals surface area contributed by atoms with Crippen LogP contribution in [0.2, 0.25) is 0 Å². The van der Waals surface area contributed by atoms with Crippen LogP contribution in [-0.4, -0.2) is 33.6 Å². The van der Waals surface area contributed by atoms with Crippen LogP contribution in [0.3, 0.4) is 0 Å². The zero-order valence-corrected chi connectivity index (χ0v) is 21.6. The van der Waals surface area contributed by atoms with Gasteiger partial charge in [-0.05, 0) is 79.6 Å². The minimum atomic E-state index is -4.02. The van der Waals surface area contributed by atoms with Crippen molar-refractivity contribution in [2.75, 3.05) is 12.4 Å². The monoisotopic (exact) mass is 522 g/mol. The first kappa shape index (κ1) is 26.2. The first-order chi connectivity index (χ1) is 17.7. The highest BCUT2D eigenvalue weighted by Gasteiger charge is 2.22. The molecule has 3 aromatic carbocycles. The lowest BCUT2D eigenvalue weighted by Crippen LogP contribution is -2.31. The fraction of sp³-hybridized carbons (Fsp3) is 0.286. The molecule has 0 atom stereocenters. The smallest absolute Gasteiger partial charge is 0.411 e. The van der Waals surface area contributed by atoms with Crippen LogP contribution in [0.25, 0.3) is 0 Å². The van der Waals surface area contributed by atoms with Crippen molar-refractivity contribution in [1.29, 1.82) is 0 Å². The number of ether oxygens (including phenoxy) is 2. The Labute approximate surface area is 217 Å². The fourth-order valence-electron chi connectivity index (χ4n) is 4.41. The molecule has 0 bridgehead atoms. The van der Waals surface area contributed by atoms with Gasteiger partial charge in [-0.1, -0.05) is 36.4 Å². The molecule has 3 aromatic rings. The summed E-state index contributed by atoms with van der Waals surface area (Å²) in [6.07, 6.45) is 3.96. The maximum absolute atomic E-state index is 12.8. The minimum absolute atomic E-state index is 0.0186. The average Bonchev–Trinajstić information content (AvgIpc) is 3.37. The van der Waals surface area contributed by atoms with Crippen LogP contribution in [0.4, 0.5) is 10.5 Å². The molecule has 194 valence electrons. The van der Waals surface area contributed by atoms with E-state index in [1.54, 1.807) is 43.3 Å². The van der Waals surface area contributed by atoms with Crippen molar-refractivity contribution in [1.82, 2.24) is 4.72 Å². The van der Waals surface area contributed by atoms with Gasteiger partial charge in [0, 0.05) is 17.7 Å². The number of nitrogens with one attached hydrogen (secondary N) is 2. The van der Waals surface area contributed by atoms with E-state index in [0.717, 1.165) is 36.8 Å². The molecule has 1 aliphatic rings. The molecule has 37 heavy (non-hydrogen) atoms. The molecule has 2 amide bonds. The summed E-state index contributed by atoms with van der Waals surface area (Å²) in [5, 5.41) is 2.78. The minimum Gasteiger partial charge on any atom is -0.496 e. The number of sulfonamides is 1. The Morgan fingerprint density at radius 1 is 0.973 bits per heavy atom. The molecule has 4 rings (SSSR count). The summed E-state index contributed by atoms with van der Waals surface area (Å²) in [6, 6.07) is 18.6. The van der Waals surface area contributed by atoms with Crippen molar-refractivity contribution in [3.8, 4) is 5.75 Å². The van der Waals surface area contributed by atoms with E-state index >= 15 is 0 Å². The van der Waals surface area contributed by atoms with Gasteiger partial charge in [-0.3, -0.25) is 10.1 Å². The summed E-state index contributed by atoms with van der Waals surface area (Å²) < 4.78 is 38.5. The van der Waals surface area contributed by atoms with E-state index in [2.05, 4.69) is 10.0 Å². The molecule has 0 saturated heterocycles. The highest BCUT2D eigenvalue weighted by molar-refractivity contribution is 7.90. The van der Waals surface area contributed by atoms with E-state index in [1.807, 2.05) is 18.2 Å². The van der Waals surface area contributed by atoms with Crippen molar-refractivity contribution in [3.05, 3.63) is 89.0 Å². The zero-order chi connectivity index (χ0) is 26.4. The summed E-state index contributed by atoms with van der Waals surface area (Å²) in [6.45, 7) is 1.67. The van der Waals surface area contributed by atoms with Gasteiger partial charge in [-0.25, -0.2) is 17.9 Å². The second-order valence-electron chi connectivity index (χ2n) is 9.04. The number of benzene rings is 3. The van der Waals surface area contributed by atoms with E-state index in [4.69, 9.17) is 9.47 Å². The van der Waals surface area contributed by atoms with Gasteiger partial charge in [0.05, 0.1) is 12.0 Å². The summed E-state index contributed by atoms with van der Waals surface area (Å²) in [7, 11) is -2.54. The Morgan fingerprint density at radius 3 is 2.46 bits per heavy atom. The first-order valence-electron chi connectivity index (χ1n) is 12.1.